The van der Waals surface area contributed by atoms with Gasteiger partial charge in [-0.15, -0.1) is 0 Å². The molecule has 1 fully saturated rings. The molecular weight excluding hydrogens is 445 g/mol. The second kappa shape index (κ2) is 11.7. The van der Waals surface area contributed by atoms with Crippen molar-refractivity contribution in [2.45, 2.75) is 58.5 Å². The van der Waals surface area contributed by atoms with Crippen molar-refractivity contribution < 1.29 is 17.9 Å². The molecule has 1 saturated heterocycles. The van der Waals surface area contributed by atoms with Crippen molar-refractivity contribution in [2.24, 2.45) is 5.92 Å². The van der Waals surface area contributed by atoms with E-state index in [4.69, 9.17) is 4.74 Å². The van der Waals surface area contributed by atoms with Crippen LogP contribution < -0.4 is 0 Å². The van der Waals surface area contributed by atoms with Crippen molar-refractivity contribution in [3.8, 4) is 22.3 Å². The molecule has 4 heteroatoms. The van der Waals surface area contributed by atoms with Gasteiger partial charge in [0.2, 0.25) is 0 Å². The Labute approximate surface area is 206 Å². The molecule has 1 nitrogen and oxygen atoms in total. The lowest BCUT2D eigenvalue weighted by molar-refractivity contribution is -0.00538. The van der Waals surface area contributed by atoms with Gasteiger partial charge < -0.3 is 4.74 Å². The predicted octanol–water partition coefficient (Wildman–Crippen LogP) is 9.21. The van der Waals surface area contributed by atoms with E-state index < -0.39 is 11.6 Å². The van der Waals surface area contributed by atoms with E-state index in [2.05, 4.69) is 13.0 Å². The molecule has 0 amide bonds. The summed E-state index contributed by atoms with van der Waals surface area (Å²) in [5.41, 5.74) is 3.20. The second-order valence-corrected chi connectivity index (χ2v) is 9.36. The zero-order chi connectivity index (χ0) is 24.8. The minimum atomic E-state index is -0.827. The summed E-state index contributed by atoms with van der Waals surface area (Å²) in [6.45, 7) is 4.74. The van der Waals surface area contributed by atoms with E-state index in [0.29, 0.717) is 41.2 Å². The highest BCUT2D eigenvalue weighted by molar-refractivity contribution is 5.71. The number of ether oxygens (including phenoxy) is 1. The van der Waals surface area contributed by atoms with Gasteiger partial charge >= 0.3 is 0 Å². The lowest BCUT2D eigenvalue weighted by Crippen LogP contribution is -2.19. The highest BCUT2D eigenvalue weighted by atomic mass is 19.2. The number of benzene rings is 3. The summed E-state index contributed by atoms with van der Waals surface area (Å²) in [4.78, 5) is 0. The van der Waals surface area contributed by atoms with Gasteiger partial charge in [-0.05, 0) is 60.9 Å². The van der Waals surface area contributed by atoms with Crippen LogP contribution in [-0.2, 0) is 11.2 Å². The highest BCUT2D eigenvalue weighted by Gasteiger charge is 2.22. The van der Waals surface area contributed by atoms with Gasteiger partial charge in [-0.3, -0.25) is 0 Å². The van der Waals surface area contributed by atoms with Crippen molar-refractivity contribution in [1.29, 1.82) is 0 Å². The summed E-state index contributed by atoms with van der Waals surface area (Å²) in [6.07, 6.45) is 9.40. The van der Waals surface area contributed by atoms with Crippen LogP contribution in [0.3, 0.4) is 0 Å². The number of hydrogen-bond acceptors (Lipinski definition) is 1. The molecule has 0 N–H and O–H groups in total. The Morgan fingerprint density at radius 3 is 2.20 bits per heavy atom. The largest absolute Gasteiger partial charge is 0.373 e. The van der Waals surface area contributed by atoms with Crippen molar-refractivity contribution >= 4 is 0 Å². The molecule has 4 rings (SSSR count). The molecule has 0 saturated carbocycles. The van der Waals surface area contributed by atoms with Crippen LogP contribution in [0.25, 0.3) is 22.3 Å². The van der Waals surface area contributed by atoms with Gasteiger partial charge in [0.25, 0.3) is 0 Å². The fourth-order valence-electron chi connectivity index (χ4n) is 4.82. The summed E-state index contributed by atoms with van der Waals surface area (Å²) >= 11 is 0. The Hall–Kier alpha value is -2.85. The Morgan fingerprint density at radius 2 is 1.57 bits per heavy atom. The molecule has 0 radical (unpaired) electrons. The summed E-state index contributed by atoms with van der Waals surface area (Å²) in [6, 6.07) is 15.5. The molecule has 2 atom stereocenters. The fraction of sp³-hybridized carbons (Fsp3) is 0.355. The number of unbranched alkanes of at least 4 members (excludes halogenated alkanes) is 2. The zero-order valence-corrected chi connectivity index (χ0v) is 20.5. The minimum Gasteiger partial charge on any atom is -0.373 e. The lowest BCUT2D eigenvalue weighted by atomic mass is 9.93. The van der Waals surface area contributed by atoms with E-state index in [1.54, 1.807) is 48.5 Å². The van der Waals surface area contributed by atoms with Crippen LogP contribution in [0.15, 0.2) is 66.7 Å². The summed E-state index contributed by atoms with van der Waals surface area (Å²) < 4.78 is 50.4. The molecule has 3 aromatic carbocycles. The molecule has 1 aliphatic rings. The van der Waals surface area contributed by atoms with Crippen molar-refractivity contribution in [2.75, 3.05) is 6.61 Å². The first-order chi connectivity index (χ1) is 17.0. The third-order valence-corrected chi connectivity index (χ3v) is 6.86. The van der Waals surface area contributed by atoms with E-state index >= 15 is 4.39 Å². The number of aryl methyl sites for hydroxylation is 1. The maximum absolute atomic E-state index is 15.0. The fourth-order valence-corrected chi connectivity index (χ4v) is 4.82. The smallest absolute Gasteiger partial charge is 0.166 e. The average Bonchev–Trinajstić information content (AvgIpc) is 2.88. The molecule has 0 aromatic heterocycles. The second-order valence-electron chi connectivity index (χ2n) is 9.36. The standard InChI is InChI=1S/C31H33F3O/c1-3-5-6-8-24-14-17-27(31(34)30(24)33)23-12-10-22(11-13-23)26-16-15-25(19-28(26)32)29-18-9-21(7-4-2)20-35-29/h4,7,10-17,19,21,29H,3,5-6,8-9,18,20H2,1-2H3/b7-4+. The van der Waals surface area contributed by atoms with Crippen molar-refractivity contribution in [3.05, 3.63) is 95.3 Å². The Kier molecular flexibility index (Phi) is 8.46. The van der Waals surface area contributed by atoms with Gasteiger partial charge in [0.15, 0.2) is 11.6 Å². The monoisotopic (exact) mass is 478 g/mol. The van der Waals surface area contributed by atoms with Crippen LogP contribution in [0, 0.1) is 23.4 Å². The molecule has 0 spiro atoms. The van der Waals surface area contributed by atoms with E-state index in [-0.39, 0.29) is 17.5 Å². The van der Waals surface area contributed by atoms with Crippen molar-refractivity contribution in [3.63, 3.8) is 0 Å². The van der Waals surface area contributed by atoms with Gasteiger partial charge in [-0.25, -0.2) is 13.2 Å². The normalized spacial score (nSPS) is 18.3. The molecule has 1 aliphatic heterocycles. The molecule has 184 valence electrons. The molecule has 3 aromatic rings. The predicted molar refractivity (Wildman–Crippen MR) is 137 cm³/mol. The van der Waals surface area contributed by atoms with Crippen LogP contribution in [0.4, 0.5) is 13.2 Å². The first-order valence-electron chi connectivity index (χ1n) is 12.6. The van der Waals surface area contributed by atoms with Crippen LogP contribution in [0.1, 0.15) is 63.2 Å². The molecule has 1 heterocycles. The first-order valence-corrected chi connectivity index (χ1v) is 12.6. The van der Waals surface area contributed by atoms with Crippen LogP contribution in [0.2, 0.25) is 0 Å². The lowest BCUT2D eigenvalue weighted by Gasteiger charge is -2.28. The Balaban J connectivity index is 1.49. The highest BCUT2D eigenvalue weighted by Crippen LogP contribution is 2.34. The van der Waals surface area contributed by atoms with Crippen LogP contribution >= 0.6 is 0 Å². The number of hydrogen-bond donors (Lipinski definition) is 0. The quantitative estimate of drug-likeness (QED) is 0.232. The molecular formula is C31H33F3O. The summed E-state index contributed by atoms with van der Waals surface area (Å²) in [5.74, 6) is -1.49. The van der Waals surface area contributed by atoms with Crippen LogP contribution in [-0.4, -0.2) is 6.61 Å². The van der Waals surface area contributed by atoms with E-state index in [1.807, 2.05) is 19.1 Å². The third kappa shape index (κ3) is 5.87. The molecule has 0 aliphatic carbocycles. The van der Waals surface area contributed by atoms with Gasteiger partial charge in [-0.1, -0.05) is 80.4 Å². The van der Waals surface area contributed by atoms with Gasteiger partial charge in [-0.2, -0.15) is 0 Å². The first kappa shape index (κ1) is 25.2. The molecule has 35 heavy (non-hydrogen) atoms. The maximum atomic E-state index is 15.0. The number of halogens is 3. The van der Waals surface area contributed by atoms with E-state index in [0.717, 1.165) is 37.7 Å². The van der Waals surface area contributed by atoms with Gasteiger partial charge in [0, 0.05) is 17.0 Å². The SMILES string of the molecule is C/C=C/C1CCC(c2ccc(-c3ccc(-c4ccc(CCCCC)c(F)c4F)cc3)c(F)c2)OC1. The van der Waals surface area contributed by atoms with E-state index in [1.165, 1.54) is 0 Å². The molecule has 0 bridgehead atoms. The Morgan fingerprint density at radius 1 is 0.857 bits per heavy atom. The molecule has 2 unspecified atom stereocenters. The van der Waals surface area contributed by atoms with Crippen LogP contribution in [0.5, 0.6) is 0 Å². The van der Waals surface area contributed by atoms with Gasteiger partial charge in [0.1, 0.15) is 5.82 Å². The number of rotatable bonds is 8. The minimum absolute atomic E-state index is 0.0924. The summed E-state index contributed by atoms with van der Waals surface area (Å²) in [7, 11) is 0. The average molecular weight is 479 g/mol. The van der Waals surface area contributed by atoms with Gasteiger partial charge in [0.05, 0.1) is 12.7 Å². The maximum Gasteiger partial charge on any atom is 0.166 e. The number of allylic oxidation sites excluding steroid dienone is 1. The topological polar surface area (TPSA) is 9.23 Å². The van der Waals surface area contributed by atoms with E-state index in [9.17, 15) is 8.78 Å². The summed E-state index contributed by atoms with van der Waals surface area (Å²) in [5, 5.41) is 0. The Bertz CT molecular complexity index is 1160. The third-order valence-electron chi connectivity index (χ3n) is 6.86. The zero-order valence-electron chi connectivity index (χ0n) is 20.5. The van der Waals surface area contributed by atoms with Crippen molar-refractivity contribution in [1.82, 2.24) is 0 Å².